The van der Waals surface area contributed by atoms with E-state index in [9.17, 15) is 13.2 Å². The molecular formula is C19H21F3N2O. The number of halogens is 3. The summed E-state index contributed by atoms with van der Waals surface area (Å²) in [5.41, 5.74) is 1.96. The zero-order valence-corrected chi connectivity index (χ0v) is 13.7. The Morgan fingerprint density at radius 1 is 1.08 bits per heavy atom. The van der Waals surface area contributed by atoms with Crippen LogP contribution >= 0.6 is 0 Å². The summed E-state index contributed by atoms with van der Waals surface area (Å²) in [5, 5.41) is 1.85. The molecular weight excluding hydrogens is 329 g/mol. The maximum Gasteiger partial charge on any atom is 0.573 e. The van der Waals surface area contributed by atoms with E-state index in [1.54, 1.807) is 6.07 Å². The molecule has 25 heavy (non-hydrogen) atoms. The van der Waals surface area contributed by atoms with E-state index in [2.05, 4.69) is 4.74 Å². The topological polar surface area (TPSA) is 38.5 Å². The van der Waals surface area contributed by atoms with Gasteiger partial charge < -0.3 is 4.74 Å². The van der Waals surface area contributed by atoms with Crippen LogP contribution in [-0.2, 0) is 6.42 Å². The minimum absolute atomic E-state index is 0.0575. The molecule has 0 aliphatic carbocycles. The summed E-state index contributed by atoms with van der Waals surface area (Å²) < 4.78 is 41.3. The zero-order chi connectivity index (χ0) is 17.9. The van der Waals surface area contributed by atoms with Crippen molar-refractivity contribution in [2.45, 2.75) is 31.7 Å². The second kappa shape index (κ2) is 7.45. The van der Waals surface area contributed by atoms with Crippen LogP contribution in [-0.4, -0.2) is 17.9 Å². The molecule has 134 valence electrons. The Kier molecular flexibility index (Phi) is 5.30. The number of rotatable bonds is 4. The van der Waals surface area contributed by atoms with Crippen molar-refractivity contribution in [2.24, 2.45) is 11.8 Å². The molecule has 2 unspecified atom stereocenters. The molecule has 1 heterocycles. The first-order valence-electron chi connectivity index (χ1n) is 8.33. The molecule has 2 N–H and O–H groups in total. The monoisotopic (exact) mass is 350 g/mol. The molecule has 0 aromatic heterocycles. The van der Waals surface area contributed by atoms with Crippen molar-refractivity contribution in [1.29, 1.82) is 0 Å². The van der Waals surface area contributed by atoms with Crippen molar-refractivity contribution in [2.75, 3.05) is 6.54 Å². The molecule has 2 aromatic rings. The quantitative estimate of drug-likeness (QED) is 0.828. The predicted octanol–water partition coefficient (Wildman–Crippen LogP) is 4.45. The number of hydrogen-bond acceptors (Lipinski definition) is 3. The number of hydrazine groups is 1. The molecule has 1 aliphatic heterocycles. The van der Waals surface area contributed by atoms with Gasteiger partial charge in [0.05, 0.1) is 6.04 Å². The van der Waals surface area contributed by atoms with Gasteiger partial charge in [0.15, 0.2) is 0 Å². The molecule has 2 aromatic carbocycles. The van der Waals surface area contributed by atoms with Crippen molar-refractivity contribution in [3.05, 3.63) is 65.7 Å². The largest absolute Gasteiger partial charge is 0.573 e. The van der Waals surface area contributed by atoms with E-state index in [-0.39, 0.29) is 17.7 Å². The highest BCUT2D eigenvalue weighted by Crippen LogP contribution is 2.36. The van der Waals surface area contributed by atoms with Gasteiger partial charge in [0.25, 0.3) is 0 Å². The summed E-state index contributed by atoms with van der Waals surface area (Å²) in [5.74, 6) is 6.29. The fraction of sp³-hybridized carbons (Fsp3) is 0.368. The average Bonchev–Trinajstić information content (AvgIpc) is 2.54. The van der Waals surface area contributed by atoms with Gasteiger partial charge >= 0.3 is 6.36 Å². The Morgan fingerprint density at radius 2 is 1.84 bits per heavy atom. The molecule has 0 amide bonds. The Morgan fingerprint density at radius 3 is 2.56 bits per heavy atom. The van der Waals surface area contributed by atoms with Crippen molar-refractivity contribution in [3.8, 4) is 5.75 Å². The van der Waals surface area contributed by atoms with E-state index in [1.165, 1.54) is 12.1 Å². The molecule has 3 nitrogen and oxygen atoms in total. The normalized spacial score (nSPS) is 21.9. The van der Waals surface area contributed by atoms with Gasteiger partial charge in [-0.2, -0.15) is 0 Å². The molecule has 0 bridgehead atoms. The maximum atomic E-state index is 12.4. The number of hydrogen-bond donors (Lipinski definition) is 1. The van der Waals surface area contributed by atoms with Crippen LogP contribution in [0.2, 0.25) is 0 Å². The van der Waals surface area contributed by atoms with Crippen LogP contribution in [0.4, 0.5) is 13.2 Å². The second-order valence-electron chi connectivity index (χ2n) is 6.39. The zero-order valence-electron chi connectivity index (χ0n) is 13.7. The predicted molar refractivity (Wildman–Crippen MR) is 89.6 cm³/mol. The second-order valence-corrected chi connectivity index (χ2v) is 6.39. The lowest BCUT2D eigenvalue weighted by Crippen LogP contribution is -2.44. The summed E-state index contributed by atoms with van der Waals surface area (Å²) in [7, 11) is 0. The van der Waals surface area contributed by atoms with Crippen LogP contribution in [0.3, 0.4) is 0 Å². The van der Waals surface area contributed by atoms with Gasteiger partial charge in [0.1, 0.15) is 5.75 Å². The van der Waals surface area contributed by atoms with Gasteiger partial charge in [-0.3, -0.25) is 5.84 Å². The first-order chi connectivity index (χ1) is 11.9. The van der Waals surface area contributed by atoms with Crippen molar-refractivity contribution in [1.82, 2.24) is 5.01 Å². The number of piperidine rings is 1. The first-order valence-corrected chi connectivity index (χ1v) is 8.33. The highest BCUT2D eigenvalue weighted by atomic mass is 19.4. The van der Waals surface area contributed by atoms with Crippen LogP contribution in [0, 0.1) is 5.92 Å². The Balaban J connectivity index is 1.79. The molecule has 0 spiro atoms. The minimum Gasteiger partial charge on any atom is -0.406 e. The molecule has 6 heteroatoms. The summed E-state index contributed by atoms with van der Waals surface area (Å²) in [6.45, 7) is 0.813. The molecule has 1 saturated heterocycles. The smallest absolute Gasteiger partial charge is 0.406 e. The van der Waals surface area contributed by atoms with Crippen LogP contribution in [0.15, 0.2) is 54.6 Å². The van der Waals surface area contributed by atoms with Crippen molar-refractivity contribution >= 4 is 0 Å². The Hall–Kier alpha value is -2.05. The van der Waals surface area contributed by atoms with Crippen LogP contribution in [0.25, 0.3) is 0 Å². The van der Waals surface area contributed by atoms with Gasteiger partial charge in [-0.15, -0.1) is 13.2 Å². The van der Waals surface area contributed by atoms with Crippen molar-refractivity contribution < 1.29 is 17.9 Å². The van der Waals surface area contributed by atoms with E-state index in [0.29, 0.717) is 6.42 Å². The number of ether oxygens (including phenoxy) is 1. The third-order valence-corrected chi connectivity index (χ3v) is 4.57. The SMILES string of the molecule is NN1CCCC(Cc2cccc(OC(F)(F)F)c2)C1c1ccccc1. The van der Waals surface area contributed by atoms with Crippen LogP contribution in [0.1, 0.15) is 30.0 Å². The number of nitrogens with two attached hydrogens (primary N) is 1. The molecule has 0 radical (unpaired) electrons. The minimum atomic E-state index is -4.68. The third-order valence-electron chi connectivity index (χ3n) is 4.57. The molecule has 3 rings (SSSR count). The van der Waals surface area contributed by atoms with E-state index in [0.717, 1.165) is 30.5 Å². The fourth-order valence-electron chi connectivity index (χ4n) is 3.60. The maximum absolute atomic E-state index is 12.4. The number of nitrogens with zero attached hydrogens (tertiary/aromatic N) is 1. The fourth-order valence-corrected chi connectivity index (χ4v) is 3.60. The molecule has 1 aliphatic rings. The van der Waals surface area contributed by atoms with E-state index in [1.807, 2.05) is 41.4 Å². The molecule has 1 fully saturated rings. The van der Waals surface area contributed by atoms with E-state index in [4.69, 9.17) is 5.84 Å². The summed E-state index contributed by atoms with van der Waals surface area (Å²) in [6, 6.07) is 16.3. The summed E-state index contributed by atoms with van der Waals surface area (Å²) >= 11 is 0. The average molecular weight is 350 g/mol. The lowest BCUT2D eigenvalue weighted by atomic mass is 9.81. The number of benzene rings is 2. The number of alkyl halides is 3. The van der Waals surface area contributed by atoms with Crippen LogP contribution in [0.5, 0.6) is 5.75 Å². The highest BCUT2D eigenvalue weighted by Gasteiger charge is 2.32. The van der Waals surface area contributed by atoms with E-state index >= 15 is 0 Å². The Bertz CT molecular complexity index is 691. The molecule has 0 saturated carbocycles. The van der Waals surface area contributed by atoms with Gasteiger partial charge in [-0.25, -0.2) is 5.01 Å². The van der Waals surface area contributed by atoms with Gasteiger partial charge in [-0.1, -0.05) is 42.5 Å². The van der Waals surface area contributed by atoms with Gasteiger partial charge in [0.2, 0.25) is 0 Å². The summed E-state index contributed by atoms with van der Waals surface area (Å²) in [4.78, 5) is 0. The van der Waals surface area contributed by atoms with Gasteiger partial charge in [-0.05, 0) is 48.4 Å². The van der Waals surface area contributed by atoms with Gasteiger partial charge in [0, 0.05) is 6.54 Å². The first kappa shape index (κ1) is 17.8. The lowest BCUT2D eigenvalue weighted by Gasteiger charge is -2.39. The molecule has 2 atom stereocenters. The standard InChI is InChI=1S/C19H21F3N2O/c20-19(21,22)25-17-10-4-6-14(13-17)12-16-9-5-11-24(23)18(16)15-7-2-1-3-8-15/h1-4,6-8,10,13,16,18H,5,9,11-12,23H2. The van der Waals surface area contributed by atoms with E-state index < -0.39 is 6.36 Å². The van der Waals surface area contributed by atoms with Crippen molar-refractivity contribution in [3.63, 3.8) is 0 Å². The summed E-state index contributed by atoms with van der Waals surface area (Å²) in [6.07, 6.45) is -2.06. The lowest BCUT2D eigenvalue weighted by molar-refractivity contribution is -0.274. The Labute approximate surface area is 145 Å². The third kappa shape index (κ3) is 4.74. The highest BCUT2D eigenvalue weighted by molar-refractivity contribution is 5.30. The van der Waals surface area contributed by atoms with Crippen LogP contribution < -0.4 is 10.6 Å².